The highest BCUT2D eigenvalue weighted by atomic mass is 35.5. The van der Waals surface area contributed by atoms with E-state index in [9.17, 15) is 15.2 Å². The average Bonchev–Trinajstić information content (AvgIpc) is 2.73. The molecule has 0 bridgehead atoms. The Bertz CT molecular complexity index is 459. The molecule has 5 nitrogen and oxygen atoms in total. The molecule has 0 aromatic heterocycles. The summed E-state index contributed by atoms with van der Waals surface area (Å²) in [5.74, 6) is 0. The van der Waals surface area contributed by atoms with Gasteiger partial charge in [0.05, 0.1) is 10.5 Å². The van der Waals surface area contributed by atoms with Crippen LogP contribution in [0.25, 0.3) is 0 Å². The SMILES string of the molecule is O=[N+]([O-])c1c(Cl)cccc1NCC1(O)CCCC1. The number of rotatable bonds is 4. The summed E-state index contributed by atoms with van der Waals surface area (Å²) in [5.41, 5.74) is -0.537. The fourth-order valence-corrected chi connectivity index (χ4v) is 2.56. The predicted molar refractivity (Wildman–Crippen MR) is 70.0 cm³/mol. The van der Waals surface area contributed by atoms with Crippen molar-refractivity contribution in [2.24, 2.45) is 0 Å². The number of nitrogens with one attached hydrogen (secondary N) is 1. The third-order valence-electron chi connectivity index (χ3n) is 3.31. The quantitative estimate of drug-likeness (QED) is 0.651. The molecule has 0 atom stereocenters. The first-order valence-electron chi connectivity index (χ1n) is 5.91. The van der Waals surface area contributed by atoms with Gasteiger partial charge in [-0.1, -0.05) is 30.5 Å². The van der Waals surface area contributed by atoms with Crippen molar-refractivity contribution in [1.82, 2.24) is 0 Å². The molecule has 2 N–H and O–H groups in total. The number of hydrogen-bond acceptors (Lipinski definition) is 4. The van der Waals surface area contributed by atoms with Gasteiger partial charge in [0.15, 0.2) is 0 Å². The molecule has 6 heteroatoms. The highest BCUT2D eigenvalue weighted by molar-refractivity contribution is 6.33. The zero-order chi connectivity index (χ0) is 13.2. The summed E-state index contributed by atoms with van der Waals surface area (Å²) in [5, 5.41) is 24.2. The Hall–Kier alpha value is -1.33. The van der Waals surface area contributed by atoms with E-state index in [1.165, 1.54) is 6.07 Å². The number of nitrogens with zero attached hydrogens (tertiary/aromatic N) is 1. The van der Waals surface area contributed by atoms with Crippen LogP contribution in [0.5, 0.6) is 0 Å². The lowest BCUT2D eigenvalue weighted by Crippen LogP contribution is -2.33. The molecule has 0 amide bonds. The molecule has 1 aromatic rings. The van der Waals surface area contributed by atoms with Gasteiger partial charge in [0, 0.05) is 6.54 Å². The largest absolute Gasteiger partial charge is 0.388 e. The maximum Gasteiger partial charge on any atom is 0.310 e. The summed E-state index contributed by atoms with van der Waals surface area (Å²) in [4.78, 5) is 10.4. The lowest BCUT2D eigenvalue weighted by atomic mass is 10.0. The van der Waals surface area contributed by atoms with E-state index in [1.807, 2.05) is 0 Å². The van der Waals surface area contributed by atoms with Crippen LogP contribution in [-0.2, 0) is 0 Å². The van der Waals surface area contributed by atoms with Gasteiger partial charge in [-0.05, 0) is 25.0 Å². The van der Waals surface area contributed by atoms with Crippen LogP contribution in [0.3, 0.4) is 0 Å². The van der Waals surface area contributed by atoms with E-state index >= 15 is 0 Å². The van der Waals surface area contributed by atoms with Crippen LogP contribution in [0.1, 0.15) is 25.7 Å². The number of nitro groups is 1. The van der Waals surface area contributed by atoms with Gasteiger partial charge in [-0.25, -0.2) is 0 Å². The van der Waals surface area contributed by atoms with Crippen LogP contribution in [-0.4, -0.2) is 22.2 Å². The topological polar surface area (TPSA) is 75.4 Å². The fourth-order valence-electron chi connectivity index (χ4n) is 2.31. The highest BCUT2D eigenvalue weighted by Gasteiger charge is 2.31. The van der Waals surface area contributed by atoms with Crippen LogP contribution in [0.2, 0.25) is 5.02 Å². The normalized spacial score (nSPS) is 17.7. The van der Waals surface area contributed by atoms with Crippen LogP contribution < -0.4 is 5.32 Å². The van der Waals surface area contributed by atoms with E-state index in [4.69, 9.17) is 11.6 Å². The van der Waals surface area contributed by atoms with E-state index in [2.05, 4.69) is 5.32 Å². The van der Waals surface area contributed by atoms with Crippen LogP contribution in [0.15, 0.2) is 18.2 Å². The Morgan fingerprint density at radius 2 is 2.11 bits per heavy atom. The second kappa shape index (κ2) is 5.12. The van der Waals surface area contributed by atoms with Gasteiger partial charge in [0.2, 0.25) is 0 Å². The van der Waals surface area contributed by atoms with E-state index in [1.54, 1.807) is 12.1 Å². The molecule has 0 spiro atoms. The minimum atomic E-state index is -0.754. The van der Waals surface area contributed by atoms with Gasteiger partial charge in [0.25, 0.3) is 0 Å². The fraction of sp³-hybridized carbons (Fsp3) is 0.500. The standard InChI is InChI=1S/C12H15ClN2O3/c13-9-4-3-5-10(11(9)15(17)18)14-8-12(16)6-1-2-7-12/h3-5,14,16H,1-2,6-8H2. The Balaban J connectivity index is 2.14. The van der Waals surface area contributed by atoms with Gasteiger partial charge >= 0.3 is 5.69 Å². The molecule has 1 fully saturated rings. The Morgan fingerprint density at radius 3 is 2.72 bits per heavy atom. The number of hydrogen-bond donors (Lipinski definition) is 2. The molecule has 1 aliphatic rings. The van der Waals surface area contributed by atoms with E-state index in [0.29, 0.717) is 12.2 Å². The summed E-state index contributed by atoms with van der Waals surface area (Å²) < 4.78 is 0. The first-order chi connectivity index (χ1) is 8.52. The zero-order valence-corrected chi connectivity index (χ0v) is 10.6. The third-order valence-corrected chi connectivity index (χ3v) is 3.62. The summed E-state index contributed by atoms with van der Waals surface area (Å²) in [7, 11) is 0. The Labute approximate surface area is 110 Å². The summed E-state index contributed by atoms with van der Waals surface area (Å²) in [6.07, 6.45) is 3.45. The lowest BCUT2D eigenvalue weighted by molar-refractivity contribution is -0.383. The third kappa shape index (κ3) is 2.73. The van der Waals surface area contributed by atoms with Gasteiger partial charge in [0.1, 0.15) is 10.7 Å². The van der Waals surface area contributed by atoms with Crippen molar-refractivity contribution in [3.63, 3.8) is 0 Å². The van der Waals surface area contributed by atoms with Crippen LogP contribution >= 0.6 is 11.6 Å². The molecule has 2 rings (SSSR count). The maximum atomic E-state index is 10.9. The molecule has 1 saturated carbocycles. The van der Waals surface area contributed by atoms with E-state index in [0.717, 1.165) is 25.7 Å². The smallest absolute Gasteiger partial charge is 0.310 e. The number of anilines is 1. The molecule has 18 heavy (non-hydrogen) atoms. The Morgan fingerprint density at radius 1 is 1.44 bits per heavy atom. The summed E-state index contributed by atoms with van der Waals surface area (Å²) in [6.45, 7) is 0.314. The van der Waals surface area contributed by atoms with E-state index < -0.39 is 10.5 Å². The van der Waals surface area contributed by atoms with Crippen LogP contribution in [0, 0.1) is 10.1 Å². The second-order valence-electron chi connectivity index (χ2n) is 4.68. The van der Waals surface area contributed by atoms with Crippen LogP contribution in [0.4, 0.5) is 11.4 Å². The van der Waals surface area contributed by atoms with E-state index in [-0.39, 0.29) is 10.7 Å². The van der Waals surface area contributed by atoms with Gasteiger partial charge in [-0.3, -0.25) is 10.1 Å². The zero-order valence-electron chi connectivity index (χ0n) is 9.86. The van der Waals surface area contributed by atoms with Crippen molar-refractivity contribution in [3.05, 3.63) is 33.3 Å². The number of aliphatic hydroxyl groups is 1. The molecule has 98 valence electrons. The molecule has 0 radical (unpaired) electrons. The van der Waals surface area contributed by atoms with Crippen molar-refractivity contribution in [2.75, 3.05) is 11.9 Å². The second-order valence-corrected chi connectivity index (χ2v) is 5.09. The van der Waals surface area contributed by atoms with Crippen molar-refractivity contribution >= 4 is 23.0 Å². The number of nitro benzene ring substituents is 1. The molecule has 0 aliphatic heterocycles. The highest BCUT2D eigenvalue weighted by Crippen LogP contribution is 2.34. The molecule has 0 heterocycles. The molecule has 0 unspecified atom stereocenters. The number of benzene rings is 1. The lowest BCUT2D eigenvalue weighted by Gasteiger charge is -2.23. The molecular weight excluding hydrogens is 256 g/mol. The van der Waals surface area contributed by atoms with Gasteiger partial charge in [-0.15, -0.1) is 0 Å². The Kier molecular flexibility index (Phi) is 3.73. The number of halogens is 1. The molecule has 0 saturated heterocycles. The minimum absolute atomic E-state index is 0.100. The molecule has 1 aromatic carbocycles. The van der Waals surface area contributed by atoms with Gasteiger partial charge in [-0.2, -0.15) is 0 Å². The van der Waals surface area contributed by atoms with Crippen molar-refractivity contribution in [1.29, 1.82) is 0 Å². The summed E-state index contributed by atoms with van der Waals surface area (Å²) >= 11 is 5.81. The minimum Gasteiger partial charge on any atom is -0.388 e. The monoisotopic (exact) mass is 270 g/mol. The van der Waals surface area contributed by atoms with Gasteiger partial charge < -0.3 is 10.4 Å². The molecular formula is C12H15ClN2O3. The predicted octanol–water partition coefficient (Wildman–Crippen LogP) is 2.97. The first-order valence-corrected chi connectivity index (χ1v) is 6.29. The number of para-hydroxylation sites is 1. The summed E-state index contributed by atoms with van der Waals surface area (Å²) in [6, 6.07) is 4.73. The average molecular weight is 271 g/mol. The van der Waals surface area contributed by atoms with Crippen molar-refractivity contribution in [2.45, 2.75) is 31.3 Å². The first kappa shape index (κ1) is 13.1. The van der Waals surface area contributed by atoms with Crippen molar-refractivity contribution < 1.29 is 10.0 Å². The maximum absolute atomic E-state index is 10.9. The molecule has 1 aliphatic carbocycles. The van der Waals surface area contributed by atoms with Crippen molar-refractivity contribution in [3.8, 4) is 0 Å².